The van der Waals surface area contributed by atoms with Crippen LogP contribution < -0.4 is 5.32 Å². The van der Waals surface area contributed by atoms with Gasteiger partial charge in [0.05, 0.1) is 11.1 Å². The first kappa shape index (κ1) is 14.4. The molecule has 0 aromatic heterocycles. The number of hydrogen-bond donors (Lipinski definition) is 1. The van der Waals surface area contributed by atoms with E-state index in [-0.39, 0.29) is 16.8 Å². The molecular formula is C14H7F2IN2O. The van der Waals surface area contributed by atoms with Gasteiger partial charge in [-0.25, -0.2) is 8.78 Å². The molecule has 0 spiro atoms. The summed E-state index contributed by atoms with van der Waals surface area (Å²) in [6.45, 7) is 0. The topological polar surface area (TPSA) is 52.9 Å². The number of nitrogens with zero attached hydrogens (tertiary/aromatic N) is 1. The molecule has 2 aromatic carbocycles. The zero-order valence-corrected chi connectivity index (χ0v) is 12.1. The van der Waals surface area contributed by atoms with E-state index in [9.17, 15) is 13.6 Å². The molecule has 1 amide bonds. The summed E-state index contributed by atoms with van der Waals surface area (Å²) in [5.74, 6) is -1.71. The number of benzene rings is 2. The Kier molecular flexibility index (Phi) is 4.29. The molecule has 2 rings (SSSR count). The van der Waals surface area contributed by atoms with E-state index in [0.29, 0.717) is 3.57 Å². The lowest BCUT2D eigenvalue weighted by molar-refractivity contribution is 0.102. The molecule has 100 valence electrons. The van der Waals surface area contributed by atoms with Crippen molar-refractivity contribution in [1.82, 2.24) is 0 Å². The lowest BCUT2D eigenvalue weighted by Gasteiger charge is -2.07. The molecule has 1 N–H and O–H groups in total. The molecule has 3 nitrogen and oxygen atoms in total. The molecule has 0 aliphatic carbocycles. The van der Waals surface area contributed by atoms with Gasteiger partial charge in [0.2, 0.25) is 0 Å². The van der Waals surface area contributed by atoms with Gasteiger partial charge in [0.25, 0.3) is 5.91 Å². The third kappa shape index (κ3) is 3.11. The van der Waals surface area contributed by atoms with Crippen LogP contribution in [0.15, 0.2) is 36.4 Å². The molecule has 0 fully saturated rings. The van der Waals surface area contributed by atoms with Crippen molar-refractivity contribution in [3.63, 3.8) is 0 Å². The number of nitriles is 1. The Hall–Kier alpha value is -2.01. The van der Waals surface area contributed by atoms with Gasteiger partial charge in [-0.3, -0.25) is 4.79 Å². The Morgan fingerprint density at radius 3 is 2.65 bits per heavy atom. The first-order valence-corrected chi connectivity index (χ1v) is 6.55. The minimum atomic E-state index is -0.661. The van der Waals surface area contributed by atoms with Gasteiger partial charge in [0, 0.05) is 9.26 Å². The summed E-state index contributed by atoms with van der Waals surface area (Å²) in [6.07, 6.45) is 0. The number of rotatable bonds is 2. The van der Waals surface area contributed by atoms with Gasteiger partial charge in [-0.2, -0.15) is 5.26 Å². The third-order valence-corrected chi connectivity index (χ3v) is 3.46. The van der Waals surface area contributed by atoms with E-state index >= 15 is 0 Å². The van der Waals surface area contributed by atoms with Crippen molar-refractivity contribution >= 4 is 34.2 Å². The van der Waals surface area contributed by atoms with Crippen LogP contribution >= 0.6 is 22.6 Å². The molecule has 0 aliphatic heterocycles. The third-order valence-electron chi connectivity index (χ3n) is 2.52. The maximum atomic E-state index is 13.2. The average molecular weight is 384 g/mol. The Balaban J connectivity index is 2.28. The number of carbonyl (C=O) groups is 1. The van der Waals surface area contributed by atoms with E-state index in [0.717, 1.165) is 12.1 Å². The fraction of sp³-hybridized carbons (Fsp3) is 0. The van der Waals surface area contributed by atoms with Crippen molar-refractivity contribution in [1.29, 1.82) is 5.26 Å². The summed E-state index contributed by atoms with van der Waals surface area (Å²) in [5, 5.41) is 11.2. The smallest absolute Gasteiger partial charge is 0.256 e. The summed E-state index contributed by atoms with van der Waals surface area (Å²) in [7, 11) is 0. The quantitative estimate of drug-likeness (QED) is 0.804. The van der Waals surface area contributed by atoms with Crippen LogP contribution in [0.3, 0.4) is 0 Å². The monoisotopic (exact) mass is 384 g/mol. The fourth-order valence-corrected chi connectivity index (χ4v) is 2.14. The molecule has 0 saturated heterocycles. The molecule has 0 heterocycles. The molecular weight excluding hydrogens is 377 g/mol. The molecule has 6 heteroatoms. The van der Waals surface area contributed by atoms with E-state index in [2.05, 4.69) is 5.32 Å². The number of anilines is 1. The van der Waals surface area contributed by atoms with Gasteiger partial charge in [-0.05, 0) is 59.0 Å². The largest absolute Gasteiger partial charge is 0.322 e. The molecule has 0 aliphatic rings. The molecule has 0 unspecified atom stereocenters. The minimum absolute atomic E-state index is 0.170. The number of carbonyl (C=O) groups excluding carboxylic acids is 1. The predicted octanol–water partition coefficient (Wildman–Crippen LogP) is 3.69. The summed E-state index contributed by atoms with van der Waals surface area (Å²) < 4.78 is 26.9. The van der Waals surface area contributed by atoms with E-state index < -0.39 is 17.5 Å². The van der Waals surface area contributed by atoms with Crippen molar-refractivity contribution in [2.24, 2.45) is 0 Å². The summed E-state index contributed by atoms with van der Waals surface area (Å²) >= 11 is 1.91. The Morgan fingerprint density at radius 2 is 1.95 bits per heavy atom. The first-order chi connectivity index (χ1) is 9.51. The maximum Gasteiger partial charge on any atom is 0.256 e. The molecule has 20 heavy (non-hydrogen) atoms. The van der Waals surface area contributed by atoms with Crippen LogP contribution in [0.25, 0.3) is 0 Å². The van der Waals surface area contributed by atoms with Crippen LogP contribution in [-0.2, 0) is 0 Å². The molecule has 0 radical (unpaired) electrons. The zero-order chi connectivity index (χ0) is 14.7. The minimum Gasteiger partial charge on any atom is -0.322 e. The number of nitrogens with one attached hydrogen (secondary N) is 1. The predicted molar refractivity (Wildman–Crippen MR) is 78.2 cm³/mol. The molecule has 2 aromatic rings. The van der Waals surface area contributed by atoms with Gasteiger partial charge in [-0.15, -0.1) is 0 Å². The number of halogens is 3. The first-order valence-electron chi connectivity index (χ1n) is 5.47. The Morgan fingerprint density at radius 1 is 1.20 bits per heavy atom. The summed E-state index contributed by atoms with van der Waals surface area (Å²) in [4.78, 5) is 12.0. The molecule has 0 bridgehead atoms. The highest BCUT2D eigenvalue weighted by Crippen LogP contribution is 2.18. The van der Waals surface area contributed by atoms with Crippen molar-refractivity contribution < 1.29 is 13.6 Å². The second kappa shape index (κ2) is 5.96. The maximum absolute atomic E-state index is 13.2. The molecule has 0 atom stereocenters. The van der Waals surface area contributed by atoms with E-state index in [1.807, 2.05) is 22.6 Å². The van der Waals surface area contributed by atoms with Gasteiger partial charge in [-0.1, -0.05) is 0 Å². The standard InChI is InChI=1S/C14H7F2IN2O/c15-9-1-4-13(17)11(6-9)14(20)19-10-2-3-12(16)8(5-10)7-18/h1-6H,(H,19,20). The van der Waals surface area contributed by atoms with Gasteiger partial charge in [0.1, 0.15) is 17.7 Å². The molecule has 0 saturated carbocycles. The van der Waals surface area contributed by atoms with Crippen molar-refractivity contribution in [3.8, 4) is 6.07 Å². The van der Waals surface area contributed by atoms with Crippen molar-refractivity contribution in [3.05, 3.63) is 62.7 Å². The Bertz CT molecular complexity index is 726. The van der Waals surface area contributed by atoms with Crippen LogP contribution in [0, 0.1) is 26.5 Å². The van der Waals surface area contributed by atoms with E-state index in [1.54, 1.807) is 6.07 Å². The lowest BCUT2D eigenvalue weighted by atomic mass is 10.1. The zero-order valence-electron chi connectivity index (χ0n) is 9.95. The van der Waals surface area contributed by atoms with Crippen LogP contribution in [0.1, 0.15) is 15.9 Å². The van der Waals surface area contributed by atoms with Gasteiger partial charge < -0.3 is 5.32 Å². The van der Waals surface area contributed by atoms with Crippen LogP contribution in [-0.4, -0.2) is 5.91 Å². The van der Waals surface area contributed by atoms with Crippen LogP contribution in [0.2, 0.25) is 0 Å². The normalized spacial score (nSPS) is 9.90. The highest BCUT2D eigenvalue weighted by Gasteiger charge is 2.12. The highest BCUT2D eigenvalue weighted by molar-refractivity contribution is 14.1. The van der Waals surface area contributed by atoms with Crippen LogP contribution in [0.4, 0.5) is 14.5 Å². The van der Waals surface area contributed by atoms with Crippen LogP contribution in [0.5, 0.6) is 0 Å². The summed E-state index contributed by atoms with van der Waals surface area (Å²) in [5.41, 5.74) is 0.276. The number of amides is 1. The van der Waals surface area contributed by atoms with Gasteiger partial charge in [0.15, 0.2) is 0 Å². The van der Waals surface area contributed by atoms with E-state index in [4.69, 9.17) is 5.26 Å². The number of hydrogen-bond acceptors (Lipinski definition) is 2. The Labute approximate surface area is 127 Å². The van der Waals surface area contributed by atoms with Crippen molar-refractivity contribution in [2.75, 3.05) is 5.32 Å². The summed E-state index contributed by atoms with van der Waals surface area (Å²) in [6, 6.07) is 9.18. The fourth-order valence-electron chi connectivity index (χ4n) is 1.56. The second-order valence-corrected chi connectivity index (χ2v) is 5.05. The second-order valence-electron chi connectivity index (χ2n) is 3.88. The lowest BCUT2D eigenvalue weighted by Crippen LogP contribution is -2.14. The van der Waals surface area contributed by atoms with Gasteiger partial charge >= 0.3 is 0 Å². The average Bonchev–Trinajstić information content (AvgIpc) is 2.43. The van der Waals surface area contributed by atoms with E-state index in [1.165, 1.54) is 24.3 Å². The van der Waals surface area contributed by atoms with Crippen molar-refractivity contribution in [2.45, 2.75) is 0 Å². The highest BCUT2D eigenvalue weighted by atomic mass is 127. The SMILES string of the molecule is N#Cc1cc(NC(=O)c2cc(F)ccc2I)ccc1F.